The standard InChI is InChI=1S/C17H22N4O2/c1-3-4-10-18-16(22)14-15(20-11-19-14)17(23)21-12(2)13-8-6-5-7-9-13/h5-9,11-12H,3-4,10H2,1-2H3,(H,18,22)(H,19,20)(H,21,23)/t12-/m0/s1. The Morgan fingerprint density at radius 1 is 1.22 bits per heavy atom. The van der Waals surface area contributed by atoms with Crippen molar-refractivity contribution in [2.24, 2.45) is 0 Å². The summed E-state index contributed by atoms with van der Waals surface area (Å²) in [6.45, 7) is 4.52. The Bertz CT molecular complexity index is 652. The Labute approximate surface area is 135 Å². The summed E-state index contributed by atoms with van der Waals surface area (Å²) in [5.41, 5.74) is 1.30. The number of carbonyl (C=O) groups is 2. The van der Waals surface area contributed by atoms with Crippen molar-refractivity contribution >= 4 is 11.8 Å². The third-order valence-corrected chi connectivity index (χ3v) is 3.54. The van der Waals surface area contributed by atoms with Crippen molar-refractivity contribution in [2.75, 3.05) is 6.54 Å². The Morgan fingerprint density at radius 3 is 2.65 bits per heavy atom. The lowest BCUT2D eigenvalue weighted by molar-refractivity contribution is 0.0906. The molecule has 1 heterocycles. The molecule has 2 aromatic rings. The van der Waals surface area contributed by atoms with E-state index in [0.29, 0.717) is 6.54 Å². The molecule has 6 heteroatoms. The molecule has 0 fully saturated rings. The summed E-state index contributed by atoms with van der Waals surface area (Å²) in [6, 6.07) is 9.46. The van der Waals surface area contributed by atoms with Gasteiger partial charge in [0.05, 0.1) is 12.4 Å². The van der Waals surface area contributed by atoms with Crippen LogP contribution in [0.3, 0.4) is 0 Å². The van der Waals surface area contributed by atoms with Crippen molar-refractivity contribution in [3.63, 3.8) is 0 Å². The van der Waals surface area contributed by atoms with E-state index in [4.69, 9.17) is 0 Å². The molecule has 0 saturated heterocycles. The number of rotatable bonds is 7. The van der Waals surface area contributed by atoms with Crippen molar-refractivity contribution in [1.82, 2.24) is 20.6 Å². The molecule has 0 radical (unpaired) electrons. The van der Waals surface area contributed by atoms with Gasteiger partial charge in [-0.2, -0.15) is 0 Å². The molecule has 2 rings (SSSR count). The van der Waals surface area contributed by atoms with Crippen LogP contribution in [0.1, 0.15) is 59.3 Å². The van der Waals surface area contributed by atoms with Gasteiger partial charge in [-0.05, 0) is 18.9 Å². The molecule has 0 spiro atoms. The number of aromatic amines is 1. The molecule has 3 N–H and O–H groups in total. The van der Waals surface area contributed by atoms with E-state index in [2.05, 4.69) is 20.6 Å². The number of aromatic nitrogens is 2. The molecular formula is C17H22N4O2. The molecular weight excluding hydrogens is 292 g/mol. The number of nitrogens with one attached hydrogen (secondary N) is 3. The average molecular weight is 314 g/mol. The summed E-state index contributed by atoms with van der Waals surface area (Å²) >= 11 is 0. The number of benzene rings is 1. The molecule has 0 bridgehead atoms. The van der Waals surface area contributed by atoms with Gasteiger partial charge in [0.1, 0.15) is 5.69 Å². The minimum atomic E-state index is -0.372. The fourth-order valence-corrected chi connectivity index (χ4v) is 2.20. The molecule has 1 aromatic heterocycles. The number of hydrogen-bond acceptors (Lipinski definition) is 3. The molecule has 2 amide bonds. The van der Waals surface area contributed by atoms with Crippen LogP contribution in [0, 0.1) is 0 Å². The number of H-pyrrole nitrogens is 1. The van der Waals surface area contributed by atoms with E-state index < -0.39 is 0 Å². The minimum absolute atomic E-state index is 0.113. The van der Waals surface area contributed by atoms with Crippen LogP contribution in [-0.2, 0) is 0 Å². The number of imidazole rings is 1. The van der Waals surface area contributed by atoms with Gasteiger partial charge in [-0.25, -0.2) is 4.98 Å². The van der Waals surface area contributed by atoms with Gasteiger partial charge in [0, 0.05) is 6.54 Å². The highest BCUT2D eigenvalue weighted by atomic mass is 16.2. The van der Waals surface area contributed by atoms with Crippen LogP contribution in [0.5, 0.6) is 0 Å². The van der Waals surface area contributed by atoms with Crippen LogP contribution in [0.4, 0.5) is 0 Å². The molecule has 0 aliphatic carbocycles. The van der Waals surface area contributed by atoms with E-state index in [-0.39, 0.29) is 29.2 Å². The second-order valence-corrected chi connectivity index (χ2v) is 5.34. The van der Waals surface area contributed by atoms with Gasteiger partial charge >= 0.3 is 0 Å². The van der Waals surface area contributed by atoms with Gasteiger partial charge < -0.3 is 15.6 Å². The second kappa shape index (κ2) is 8.12. The maximum Gasteiger partial charge on any atom is 0.272 e. The zero-order valence-electron chi connectivity index (χ0n) is 13.4. The molecule has 0 unspecified atom stereocenters. The SMILES string of the molecule is CCCCNC(=O)c1[nH]cnc1C(=O)N[C@@H](C)c1ccccc1. The highest BCUT2D eigenvalue weighted by Crippen LogP contribution is 2.12. The summed E-state index contributed by atoms with van der Waals surface area (Å²) in [5.74, 6) is -0.684. The van der Waals surface area contributed by atoms with Gasteiger partial charge in [0.2, 0.25) is 0 Å². The number of carbonyl (C=O) groups excluding carboxylic acids is 2. The zero-order chi connectivity index (χ0) is 16.7. The van der Waals surface area contributed by atoms with Crippen molar-refractivity contribution in [1.29, 1.82) is 0 Å². The highest BCUT2D eigenvalue weighted by molar-refractivity contribution is 6.04. The normalized spacial score (nSPS) is 11.7. The molecule has 0 aliphatic heterocycles. The lowest BCUT2D eigenvalue weighted by Gasteiger charge is -2.14. The first-order valence-corrected chi connectivity index (χ1v) is 7.80. The fourth-order valence-electron chi connectivity index (χ4n) is 2.20. The van der Waals surface area contributed by atoms with E-state index >= 15 is 0 Å². The monoisotopic (exact) mass is 314 g/mol. The third kappa shape index (κ3) is 4.42. The van der Waals surface area contributed by atoms with Crippen LogP contribution >= 0.6 is 0 Å². The van der Waals surface area contributed by atoms with E-state index in [1.165, 1.54) is 6.33 Å². The number of amides is 2. The van der Waals surface area contributed by atoms with E-state index in [9.17, 15) is 9.59 Å². The quantitative estimate of drug-likeness (QED) is 0.686. The van der Waals surface area contributed by atoms with Gasteiger partial charge in [-0.1, -0.05) is 43.7 Å². The van der Waals surface area contributed by atoms with Crippen LogP contribution in [0.15, 0.2) is 36.7 Å². The fraction of sp³-hybridized carbons (Fsp3) is 0.353. The first kappa shape index (κ1) is 16.7. The Kier molecular flexibility index (Phi) is 5.91. The largest absolute Gasteiger partial charge is 0.351 e. The van der Waals surface area contributed by atoms with Crippen LogP contribution in [0.25, 0.3) is 0 Å². The topological polar surface area (TPSA) is 86.9 Å². The average Bonchev–Trinajstić information content (AvgIpc) is 3.05. The summed E-state index contributed by atoms with van der Waals surface area (Å²) in [7, 11) is 0. The van der Waals surface area contributed by atoms with Crippen molar-refractivity contribution in [3.8, 4) is 0 Å². The van der Waals surface area contributed by atoms with Crippen molar-refractivity contribution in [3.05, 3.63) is 53.6 Å². The maximum atomic E-state index is 12.4. The lowest BCUT2D eigenvalue weighted by atomic mass is 10.1. The van der Waals surface area contributed by atoms with Gasteiger partial charge in [-0.15, -0.1) is 0 Å². The minimum Gasteiger partial charge on any atom is -0.351 e. The first-order valence-electron chi connectivity index (χ1n) is 7.80. The number of nitrogens with zero attached hydrogens (tertiary/aromatic N) is 1. The van der Waals surface area contributed by atoms with Gasteiger partial charge in [0.25, 0.3) is 11.8 Å². The Balaban J connectivity index is 2.03. The Morgan fingerprint density at radius 2 is 1.96 bits per heavy atom. The molecule has 1 atom stereocenters. The summed E-state index contributed by atoms with van der Waals surface area (Å²) in [4.78, 5) is 31.2. The van der Waals surface area contributed by atoms with E-state index in [0.717, 1.165) is 18.4 Å². The lowest BCUT2D eigenvalue weighted by Crippen LogP contribution is -2.31. The van der Waals surface area contributed by atoms with Crippen LogP contribution in [0.2, 0.25) is 0 Å². The van der Waals surface area contributed by atoms with Crippen molar-refractivity contribution in [2.45, 2.75) is 32.7 Å². The molecule has 1 aromatic carbocycles. The number of unbranched alkanes of at least 4 members (excludes halogenated alkanes) is 1. The summed E-state index contributed by atoms with van der Waals surface area (Å²) in [6.07, 6.45) is 3.24. The van der Waals surface area contributed by atoms with Crippen LogP contribution < -0.4 is 10.6 Å². The Hall–Kier alpha value is -2.63. The number of hydrogen-bond donors (Lipinski definition) is 3. The van der Waals surface area contributed by atoms with Gasteiger partial charge in [0.15, 0.2) is 5.69 Å². The molecule has 0 aliphatic rings. The van der Waals surface area contributed by atoms with Gasteiger partial charge in [-0.3, -0.25) is 9.59 Å². The van der Waals surface area contributed by atoms with E-state index in [1.807, 2.05) is 44.2 Å². The zero-order valence-corrected chi connectivity index (χ0v) is 13.4. The van der Waals surface area contributed by atoms with E-state index in [1.54, 1.807) is 0 Å². The third-order valence-electron chi connectivity index (χ3n) is 3.54. The second-order valence-electron chi connectivity index (χ2n) is 5.34. The molecule has 23 heavy (non-hydrogen) atoms. The predicted molar refractivity (Wildman–Crippen MR) is 88.2 cm³/mol. The maximum absolute atomic E-state index is 12.4. The summed E-state index contributed by atoms with van der Waals surface area (Å²) < 4.78 is 0. The summed E-state index contributed by atoms with van der Waals surface area (Å²) in [5, 5.41) is 5.64. The highest BCUT2D eigenvalue weighted by Gasteiger charge is 2.21. The smallest absolute Gasteiger partial charge is 0.272 e. The van der Waals surface area contributed by atoms with Crippen LogP contribution in [-0.4, -0.2) is 28.3 Å². The first-order chi connectivity index (χ1) is 11.1. The molecule has 0 saturated carbocycles. The van der Waals surface area contributed by atoms with Crippen molar-refractivity contribution < 1.29 is 9.59 Å². The molecule has 122 valence electrons. The predicted octanol–water partition coefficient (Wildman–Crippen LogP) is 2.43. The molecule has 6 nitrogen and oxygen atoms in total.